The molecule has 1 aromatic heterocycles. The molecule has 0 spiro atoms. The Bertz CT molecular complexity index is 736. The maximum absolute atomic E-state index is 6.20. The maximum atomic E-state index is 6.20. The van der Waals surface area contributed by atoms with Crippen molar-refractivity contribution in [2.45, 2.75) is 6.92 Å². The summed E-state index contributed by atoms with van der Waals surface area (Å²) in [7, 11) is 0. The van der Waals surface area contributed by atoms with E-state index in [1.54, 1.807) is 0 Å². The summed E-state index contributed by atoms with van der Waals surface area (Å²) in [5.74, 6) is 0.553. The summed E-state index contributed by atoms with van der Waals surface area (Å²) in [6.07, 6.45) is 0. The van der Waals surface area contributed by atoms with Crippen LogP contribution in [-0.2, 0) is 0 Å². The van der Waals surface area contributed by atoms with Crippen molar-refractivity contribution in [1.82, 2.24) is 4.98 Å². The third-order valence-electron chi connectivity index (χ3n) is 2.77. The fourth-order valence-corrected chi connectivity index (χ4v) is 2.62. The number of hydrogen-bond acceptors (Lipinski definition) is 2. The second-order valence-corrected chi connectivity index (χ2v) is 5.39. The van der Waals surface area contributed by atoms with Crippen LogP contribution in [0.2, 0.25) is 5.02 Å². The standard InChI is InChI=1S/C14H9BrClNO/c1-8-3-2-4-12-13(8)18-14(17-12)10-6-5-9(15)7-11(10)16/h2-7H,1H3. The first-order valence-electron chi connectivity index (χ1n) is 5.47. The fourth-order valence-electron chi connectivity index (χ4n) is 1.86. The van der Waals surface area contributed by atoms with Crippen LogP contribution in [0, 0.1) is 6.92 Å². The average molecular weight is 323 g/mol. The molecule has 3 rings (SSSR count). The topological polar surface area (TPSA) is 26.0 Å². The van der Waals surface area contributed by atoms with Crippen molar-refractivity contribution in [1.29, 1.82) is 0 Å². The molecule has 0 atom stereocenters. The van der Waals surface area contributed by atoms with Crippen LogP contribution in [0.4, 0.5) is 0 Å². The monoisotopic (exact) mass is 321 g/mol. The summed E-state index contributed by atoms with van der Waals surface area (Å²) in [6.45, 7) is 2.00. The van der Waals surface area contributed by atoms with Gasteiger partial charge in [-0.05, 0) is 36.8 Å². The van der Waals surface area contributed by atoms with E-state index in [9.17, 15) is 0 Å². The molecule has 0 unspecified atom stereocenters. The first kappa shape index (κ1) is 11.8. The minimum atomic E-state index is 0.553. The Morgan fingerprint density at radius 2 is 2.06 bits per heavy atom. The minimum Gasteiger partial charge on any atom is -0.436 e. The summed E-state index contributed by atoms with van der Waals surface area (Å²) in [4.78, 5) is 4.47. The number of oxazole rings is 1. The van der Waals surface area contributed by atoms with E-state index >= 15 is 0 Å². The normalized spacial score (nSPS) is 11.1. The number of fused-ring (bicyclic) bond motifs is 1. The van der Waals surface area contributed by atoms with Crippen LogP contribution < -0.4 is 0 Å². The molecular formula is C14H9BrClNO. The van der Waals surface area contributed by atoms with Crippen molar-refractivity contribution in [3.63, 3.8) is 0 Å². The van der Waals surface area contributed by atoms with Gasteiger partial charge in [0, 0.05) is 4.47 Å². The summed E-state index contributed by atoms with van der Waals surface area (Å²) < 4.78 is 6.73. The lowest BCUT2D eigenvalue weighted by atomic mass is 10.2. The van der Waals surface area contributed by atoms with Crippen LogP contribution >= 0.6 is 27.5 Å². The average Bonchev–Trinajstić information content (AvgIpc) is 2.74. The molecule has 90 valence electrons. The molecule has 0 bridgehead atoms. The van der Waals surface area contributed by atoms with Crippen molar-refractivity contribution < 1.29 is 4.42 Å². The molecule has 0 amide bonds. The quantitative estimate of drug-likeness (QED) is 0.614. The van der Waals surface area contributed by atoms with Gasteiger partial charge in [0.2, 0.25) is 5.89 Å². The number of aryl methyl sites for hydroxylation is 1. The maximum Gasteiger partial charge on any atom is 0.228 e. The molecule has 1 heterocycles. The Labute approximate surface area is 118 Å². The smallest absolute Gasteiger partial charge is 0.228 e. The van der Waals surface area contributed by atoms with E-state index < -0.39 is 0 Å². The lowest BCUT2D eigenvalue weighted by molar-refractivity contribution is 0.617. The molecular weight excluding hydrogens is 314 g/mol. The summed E-state index contributed by atoms with van der Waals surface area (Å²) in [5.41, 5.74) is 3.53. The van der Waals surface area contributed by atoms with E-state index in [4.69, 9.17) is 16.0 Å². The fraction of sp³-hybridized carbons (Fsp3) is 0.0714. The Hall–Kier alpha value is -1.32. The summed E-state index contributed by atoms with van der Waals surface area (Å²) in [6, 6.07) is 11.5. The van der Waals surface area contributed by atoms with E-state index in [-0.39, 0.29) is 0 Å². The van der Waals surface area contributed by atoms with Crippen molar-refractivity contribution in [3.8, 4) is 11.5 Å². The van der Waals surface area contributed by atoms with Crippen molar-refractivity contribution in [3.05, 3.63) is 51.5 Å². The number of aromatic nitrogens is 1. The Kier molecular flexibility index (Phi) is 2.88. The van der Waals surface area contributed by atoms with Gasteiger partial charge in [-0.2, -0.15) is 0 Å². The highest BCUT2D eigenvalue weighted by molar-refractivity contribution is 9.10. The molecule has 3 aromatic rings. The Morgan fingerprint density at radius 3 is 2.78 bits per heavy atom. The summed E-state index contributed by atoms with van der Waals surface area (Å²) in [5, 5.41) is 0.619. The lowest BCUT2D eigenvalue weighted by Crippen LogP contribution is -1.79. The molecule has 18 heavy (non-hydrogen) atoms. The highest BCUT2D eigenvalue weighted by Gasteiger charge is 2.12. The molecule has 4 heteroatoms. The van der Waals surface area contributed by atoms with E-state index in [1.807, 2.05) is 43.3 Å². The third-order valence-corrected chi connectivity index (χ3v) is 3.58. The van der Waals surface area contributed by atoms with E-state index in [2.05, 4.69) is 20.9 Å². The van der Waals surface area contributed by atoms with Crippen LogP contribution in [0.15, 0.2) is 45.3 Å². The van der Waals surface area contributed by atoms with Gasteiger partial charge in [0.25, 0.3) is 0 Å². The molecule has 0 saturated carbocycles. The second kappa shape index (κ2) is 4.41. The number of para-hydroxylation sites is 1. The molecule has 0 aliphatic carbocycles. The molecule has 0 N–H and O–H groups in total. The molecule has 2 aromatic carbocycles. The van der Waals surface area contributed by atoms with Crippen LogP contribution in [0.1, 0.15) is 5.56 Å². The van der Waals surface area contributed by atoms with Crippen LogP contribution in [0.5, 0.6) is 0 Å². The summed E-state index contributed by atoms with van der Waals surface area (Å²) >= 11 is 9.58. The molecule has 0 saturated heterocycles. The Balaban J connectivity index is 2.23. The minimum absolute atomic E-state index is 0.553. The van der Waals surface area contributed by atoms with Gasteiger partial charge in [0.05, 0.1) is 10.6 Å². The molecule has 0 radical (unpaired) electrons. The number of halogens is 2. The van der Waals surface area contributed by atoms with Crippen LogP contribution in [0.25, 0.3) is 22.6 Å². The van der Waals surface area contributed by atoms with Crippen LogP contribution in [-0.4, -0.2) is 4.98 Å². The van der Waals surface area contributed by atoms with E-state index in [1.165, 1.54) is 0 Å². The Morgan fingerprint density at radius 1 is 1.22 bits per heavy atom. The molecule has 0 aliphatic rings. The second-order valence-electron chi connectivity index (χ2n) is 4.07. The van der Waals surface area contributed by atoms with Crippen LogP contribution in [0.3, 0.4) is 0 Å². The number of hydrogen-bond donors (Lipinski definition) is 0. The first-order valence-corrected chi connectivity index (χ1v) is 6.64. The largest absolute Gasteiger partial charge is 0.436 e. The van der Waals surface area contributed by atoms with Crippen molar-refractivity contribution in [2.24, 2.45) is 0 Å². The van der Waals surface area contributed by atoms with E-state index in [0.29, 0.717) is 10.9 Å². The zero-order valence-electron chi connectivity index (χ0n) is 9.58. The predicted molar refractivity (Wildman–Crippen MR) is 76.9 cm³/mol. The zero-order valence-corrected chi connectivity index (χ0v) is 11.9. The van der Waals surface area contributed by atoms with Gasteiger partial charge >= 0.3 is 0 Å². The zero-order chi connectivity index (χ0) is 12.7. The van der Waals surface area contributed by atoms with Gasteiger partial charge in [0.15, 0.2) is 5.58 Å². The molecule has 2 nitrogen and oxygen atoms in total. The van der Waals surface area contributed by atoms with Gasteiger partial charge in [0.1, 0.15) is 5.52 Å². The van der Waals surface area contributed by atoms with Crippen molar-refractivity contribution in [2.75, 3.05) is 0 Å². The first-order chi connectivity index (χ1) is 8.65. The molecule has 0 aliphatic heterocycles. The third kappa shape index (κ3) is 1.93. The highest BCUT2D eigenvalue weighted by atomic mass is 79.9. The van der Waals surface area contributed by atoms with Gasteiger partial charge in [-0.1, -0.05) is 39.7 Å². The van der Waals surface area contributed by atoms with Gasteiger partial charge in [-0.3, -0.25) is 0 Å². The number of nitrogens with zero attached hydrogens (tertiary/aromatic N) is 1. The van der Waals surface area contributed by atoms with Gasteiger partial charge in [-0.15, -0.1) is 0 Å². The highest BCUT2D eigenvalue weighted by Crippen LogP contribution is 2.32. The predicted octanol–water partition coefficient (Wildman–Crippen LogP) is 5.22. The number of rotatable bonds is 1. The molecule has 0 fully saturated rings. The SMILES string of the molecule is Cc1cccc2nc(-c3ccc(Br)cc3Cl)oc12. The van der Waals surface area contributed by atoms with Crippen molar-refractivity contribution >= 4 is 38.6 Å². The van der Waals surface area contributed by atoms with Gasteiger partial charge < -0.3 is 4.42 Å². The lowest BCUT2D eigenvalue weighted by Gasteiger charge is -1.99. The van der Waals surface area contributed by atoms with E-state index in [0.717, 1.165) is 26.7 Å². The number of benzene rings is 2. The van der Waals surface area contributed by atoms with Gasteiger partial charge in [-0.25, -0.2) is 4.98 Å².